The summed E-state index contributed by atoms with van der Waals surface area (Å²) < 4.78 is 11.3. The van der Waals surface area contributed by atoms with Gasteiger partial charge in [-0.25, -0.2) is 0 Å². The van der Waals surface area contributed by atoms with Gasteiger partial charge in [0.15, 0.2) is 5.11 Å². The predicted octanol–water partition coefficient (Wildman–Crippen LogP) is 4.84. The van der Waals surface area contributed by atoms with E-state index in [-0.39, 0.29) is 5.91 Å². The molecule has 0 radical (unpaired) electrons. The van der Waals surface area contributed by atoms with Crippen LogP contribution in [-0.2, 0) is 11.4 Å². The second-order valence-corrected chi connectivity index (χ2v) is 7.53. The van der Waals surface area contributed by atoms with Crippen molar-refractivity contribution in [2.75, 3.05) is 12.0 Å². The van der Waals surface area contributed by atoms with Crippen molar-refractivity contribution in [1.82, 2.24) is 5.32 Å². The minimum atomic E-state index is -0.187. The molecule has 3 aromatic rings. The molecule has 6 heteroatoms. The summed E-state index contributed by atoms with van der Waals surface area (Å²) in [7, 11) is 1.62. The molecule has 0 atom stereocenters. The molecule has 0 saturated carbocycles. The van der Waals surface area contributed by atoms with Crippen molar-refractivity contribution in [3.05, 3.63) is 95.2 Å². The molecule has 4 rings (SSSR count). The zero-order valence-electron chi connectivity index (χ0n) is 17.3. The van der Waals surface area contributed by atoms with Gasteiger partial charge in [-0.15, -0.1) is 0 Å². The third-order valence-electron chi connectivity index (χ3n) is 4.89. The van der Waals surface area contributed by atoms with Crippen molar-refractivity contribution >= 4 is 35.0 Å². The standard InChI is InChI=1S/C25H22N2O3S/c1-17-7-6-8-20(13-17)27-24(28)22(26-25(27)31)15-18-11-12-23(29-2)19(14-18)16-30-21-9-4-3-5-10-21/h3-15H,16H2,1-2H3,(H,26,31)/b22-15+. The molecule has 156 valence electrons. The van der Waals surface area contributed by atoms with Gasteiger partial charge < -0.3 is 14.8 Å². The summed E-state index contributed by atoms with van der Waals surface area (Å²) in [4.78, 5) is 14.5. The zero-order valence-corrected chi connectivity index (χ0v) is 18.1. The van der Waals surface area contributed by atoms with Crippen LogP contribution in [0.1, 0.15) is 16.7 Å². The quantitative estimate of drug-likeness (QED) is 0.448. The Morgan fingerprint density at radius 1 is 1.03 bits per heavy atom. The lowest BCUT2D eigenvalue weighted by Gasteiger charge is -2.14. The fraction of sp³-hybridized carbons (Fsp3) is 0.120. The van der Waals surface area contributed by atoms with E-state index in [0.717, 1.165) is 33.9 Å². The number of nitrogens with zero attached hydrogens (tertiary/aromatic N) is 1. The molecule has 1 saturated heterocycles. The van der Waals surface area contributed by atoms with E-state index in [9.17, 15) is 4.79 Å². The lowest BCUT2D eigenvalue weighted by Crippen LogP contribution is -2.30. The van der Waals surface area contributed by atoms with Crippen LogP contribution >= 0.6 is 12.2 Å². The van der Waals surface area contributed by atoms with Crippen molar-refractivity contribution in [3.8, 4) is 11.5 Å². The minimum Gasteiger partial charge on any atom is -0.496 e. The number of methoxy groups -OCH3 is 1. The number of benzene rings is 3. The highest BCUT2D eigenvalue weighted by molar-refractivity contribution is 7.80. The Morgan fingerprint density at radius 2 is 1.84 bits per heavy atom. The van der Waals surface area contributed by atoms with Gasteiger partial charge in [0.25, 0.3) is 5.91 Å². The Labute approximate surface area is 186 Å². The van der Waals surface area contributed by atoms with Crippen LogP contribution < -0.4 is 19.7 Å². The van der Waals surface area contributed by atoms with Gasteiger partial charge in [0.1, 0.15) is 23.8 Å². The lowest BCUT2D eigenvalue weighted by atomic mass is 10.1. The number of carbonyl (C=O) groups excluding carboxylic acids is 1. The molecule has 1 fully saturated rings. The van der Waals surface area contributed by atoms with Crippen molar-refractivity contribution < 1.29 is 14.3 Å². The molecule has 1 heterocycles. The van der Waals surface area contributed by atoms with Crippen LogP contribution in [0.3, 0.4) is 0 Å². The Hall–Kier alpha value is -3.64. The third-order valence-corrected chi connectivity index (χ3v) is 5.18. The molecule has 0 bridgehead atoms. The number of thiocarbonyl (C=S) groups is 1. The number of hydrogen-bond acceptors (Lipinski definition) is 4. The highest BCUT2D eigenvalue weighted by Gasteiger charge is 2.32. The normalized spacial score (nSPS) is 14.6. The fourth-order valence-electron chi connectivity index (χ4n) is 3.38. The summed E-state index contributed by atoms with van der Waals surface area (Å²) in [6, 6.07) is 23.0. The Balaban J connectivity index is 1.58. The summed E-state index contributed by atoms with van der Waals surface area (Å²) in [5.41, 5.74) is 3.95. The van der Waals surface area contributed by atoms with Crippen molar-refractivity contribution in [2.24, 2.45) is 0 Å². The summed E-state index contributed by atoms with van der Waals surface area (Å²) in [5.74, 6) is 1.31. The van der Waals surface area contributed by atoms with E-state index in [2.05, 4.69) is 5.32 Å². The number of rotatable bonds is 6. The number of para-hydroxylation sites is 1. The van der Waals surface area contributed by atoms with Gasteiger partial charge in [0.2, 0.25) is 0 Å². The highest BCUT2D eigenvalue weighted by Crippen LogP contribution is 2.26. The van der Waals surface area contributed by atoms with Gasteiger partial charge in [-0.1, -0.05) is 36.4 Å². The topological polar surface area (TPSA) is 50.8 Å². The largest absolute Gasteiger partial charge is 0.496 e. The number of aryl methyl sites for hydroxylation is 1. The summed E-state index contributed by atoms with van der Waals surface area (Å²) in [6.07, 6.45) is 1.79. The average molecular weight is 431 g/mol. The molecule has 0 aromatic heterocycles. The SMILES string of the molecule is COc1ccc(/C=C2/NC(=S)N(c3cccc(C)c3)C2=O)cc1COc1ccccc1. The summed E-state index contributed by atoms with van der Waals surface area (Å²) >= 11 is 5.41. The molecule has 1 N–H and O–H groups in total. The monoisotopic (exact) mass is 430 g/mol. The van der Waals surface area contributed by atoms with Gasteiger partial charge in [0.05, 0.1) is 12.8 Å². The van der Waals surface area contributed by atoms with Crippen LogP contribution in [0.4, 0.5) is 5.69 Å². The van der Waals surface area contributed by atoms with Gasteiger partial charge in [0, 0.05) is 5.56 Å². The first-order chi connectivity index (χ1) is 15.0. The van der Waals surface area contributed by atoms with E-state index >= 15 is 0 Å². The molecule has 0 aliphatic carbocycles. The van der Waals surface area contributed by atoms with Gasteiger partial charge >= 0.3 is 0 Å². The smallest absolute Gasteiger partial charge is 0.281 e. The first-order valence-corrected chi connectivity index (χ1v) is 10.2. The van der Waals surface area contributed by atoms with Crippen LogP contribution in [-0.4, -0.2) is 18.1 Å². The number of hydrogen-bond donors (Lipinski definition) is 1. The second-order valence-electron chi connectivity index (χ2n) is 7.14. The first kappa shape index (κ1) is 20.6. The van der Waals surface area contributed by atoms with E-state index in [4.69, 9.17) is 21.7 Å². The third kappa shape index (κ3) is 4.59. The fourth-order valence-corrected chi connectivity index (χ4v) is 3.68. The number of nitrogens with one attached hydrogen (secondary N) is 1. The number of carbonyl (C=O) groups is 1. The molecule has 3 aromatic carbocycles. The maximum Gasteiger partial charge on any atom is 0.281 e. The van der Waals surface area contributed by atoms with Crippen LogP contribution in [0.2, 0.25) is 0 Å². The Morgan fingerprint density at radius 3 is 2.58 bits per heavy atom. The van der Waals surface area contributed by atoms with Gasteiger partial charge in [-0.2, -0.15) is 0 Å². The summed E-state index contributed by atoms with van der Waals surface area (Å²) in [6.45, 7) is 2.33. The maximum absolute atomic E-state index is 13.0. The first-order valence-electron chi connectivity index (χ1n) is 9.84. The van der Waals surface area contributed by atoms with Crippen molar-refractivity contribution in [3.63, 3.8) is 0 Å². The molecule has 5 nitrogen and oxygen atoms in total. The maximum atomic E-state index is 13.0. The number of amides is 1. The van der Waals surface area contributed by atoms with E-state index in [1.165, 1.54) is 4.90 Å². The highest BCUT2D eigenvalue weighted by atomic mass is 32.1. The van der Waals surface area contributed by atoms with Gasteiger partial charge in [-0.05, 0) is 72.7 Å². The average Bonchev–Trinajstić information content (AvgIpc) is 3.06. The molecular weight excluding hydrogens is 408 g/mol. The molecule has 1 aliphatic rings. The van der Waals surface area contributed by atoms with E-state index < -0.39 is 0 Å². The van der Waals surface area contributed by atoms with E-state index in [1.807, 2.05) is 79.7 Å². The number of anilines is 1. The molecule has 0 unspecified atom stereocenters. The van der Waals surface area contributed by atoms with Crippen LogP contribution in [0, 0.1) is 6.92 Å². The lowest BCUT2D eigenvalue weighted by molar-refractivity contribution is -0.113. The number of ether oxygens (including phenoxy) is 2. The molecule has 1 amide bonds. The molecule has 0 spiro atoms. The zero-order chi connectivity index (χ0) is 21.8. The Bertz CT molecular complexity index is 1160. The van der Waals surface area contributed by atoms with E-state index in [1.54, 1.807) is 13.2 Å². The van der Waals surface area contributed by atoms with Crippen LogP contribution in [0.25, 0.3) is 6.08 Å². The van der Waals surface area contributed by atoms with Crippen LogP contribution in [0.5, 0.6) is 11.5 Å². The van der Waals surface area contributed by atoms with Crippen molar-refractivity contribution in [1.29, 1.82) is 0 Å². The van der Waals surface area contributed by atoms with Crippen LogP contribution in [0.15, 0.2) is 78.5 Å². The molecule has 31 heavy (non-hydrogen) atoms. The van der Waals surface area contributed by atoms with E-state index in [0.29, 0.717) is 17.4 Å². The second kappa shape index (κ2) is 9.02. The predicted molar refractivity (Wildman–Crippen MR) is 126 cm³/mol. The molecule has 1 aliphatic heterocycles. The van der Waals surface area contributed by atoms with Crippen molar-refractivity contribution in [2.45, 2.75) is 13.5 Å². The molecular formula is C25H22N2O3S. The Kier molecular flexibility index (Phi) is 6.00. The minimum absolute atomic E-state index is 0.187. The summed E-state index contributed by atoms with van der Waals surface area (Å²) in [5, 5.41) is 3.40. The van der Waals surface area contributed by atoms with Gasteiger partial charge in [-0.3, -0.25) is 9.69 Å².